The van der Waals surface area contributed by atoms with Crippen LogP contribution in [0.4, 0.5) is 0 Å². The third-order valence-corrected chi connectivity index (χ3v) is 3.34. The van der Waals surface area contributed by atoms with Crippen LogP contribution in [0.5, 0.6) is 0 Å². The highest BCUT2D eigenvalue weighted by molar-refractivity contribution is 7.09. The molecule has 0 fully saturated rings. The average Bonchev–Trinajstić information content (AvgIpc) is 2.90. The molecule has 2 rings (SSSR count). The average molecular weight is 222 g/mol. The van der Waals surface area contributed by atoms with E-state index >= 15 is 0 Å². The molecule has 0 bridgehead atoms. The first-order valence-corrected chi connectivity index (χ1v) is 5.78. The van der Waals surface area contributed by atoms with E-state index in [1.165, 1.54) is 4.88 Å². The zero-order valence-corrected chi connectivity index (χ0v) is 9.17. The van der Waals surface area contributed by atoms with Crippen LogP contribution in [0.3, 0.4) is 0 Å². The Morgan fingerprint density at radius 1 is 1.47 bits per heavy atom. The maximum Gasteiger partial charge on any atom is 0.0950 e. The van der Waals surface area contributed by atoms with Crippen molar-refractivity contribution in [3.63, 3.8) is 0 Å². The number of nitrogens with one attached hydrogen (secondary N) is 1. The third-order valence-electron chi connectivity index (χ3n) is 2.41. The van der Waals surface area contributed by atoms with Gasteiger partial charge < -0.3 is 4.42 Å². The van der Waals surface area contributed by atoms with Gasteiger partial charge >= 0.3 is 0 Å². The first-order valence-electron chi connectivity index (χ1n) is 4.91. The van der Waals surface area contributed by atoms with Crippen molar-refractivity contribution in [2.75, 3.05) is 0 Å². The summed E-state index contributed by atoms with van der Waals surface area (Å²) in [5.74, 6) is 5.52. The van der Waals surface area contributed by atoms with Crippen molar-refractivity contribution in [3.8, 4) is 0 Å². The maximum absolute atomic E-state index is 5.52. The number of hydrogen-bond acceptors (Lipinski definition) is 4. The normalized spacial score (nSPS) is 12.9. The van der Waals surface area contributed by atoms with Crippen LogP contribution in [0.15, 0.2) is 40.5 Å². The SMILES string of the molecule is NNC(CCc1cccs1)c1ccoc1. The fraction of sp³-hybridized carbons (Fsp3) is 0.273. The highest BCUT2D eigenvalue weighted by Crippen LogP contribution is 2.20. The Morgan fingerprint density at radius 2 is 2.40 bits per heavy atom. The van der Waals surface area contributed by atoms with Crippen LogP contribution in [-0.2, 0) is 6.42 Å². The van der Waals surface area contributed by atoms with Gasteiger partial charge in [-0.3, -0.25) is 11.3 Å². The largest absolute Gasteiger partial charge is 0.472 e. The van der Waals surface area contributed by atoms with Gasteiger partial charge in [-0.25, -0.2) is 0 Å². The number of furan rings is 1. The van der Waals surface area contributed by atoms with Crippen molar-refractivity contribution in [2.45, 2.75) is 18.9 Å². The fourth-order valence-electron chi connectivity index (χ4n) is 1.56. The summed E-state index contributed by atoms with van der Waals surface area (Å²) in [5.41, 5.74) is 3.92. The molecule has 3 nitrogen and oxygen atoms in total. The summed E-state index contributed by atoms with van der Waals surface area (Å²) in [4.78, 5) is 1.39. The van der Waals surface area contributed by atoms with Gasteiger partial charge in [0.15, 0.2) is 0 Å². The molecule has 0 radical (unpaired) electrons. The molecular weight excluding hydrogens is 208 g/mol. The monoisotopic (exact) mass is 222 g/mol. The molecular formula is C11H14N2OS. The number of hydrogen-bond donors (Lipinski definition) is 2. The molecule has 0 spiro atoms. The molecule has 0 aliphatic heterocycles. The Balaban J connectivity index is 1.92. The van der Waals surface area contributed by atoms with Crippen molar-refractivity contribution < 1.29 is 4.42 Å². The molecule has 1 unspecified atom stereocenters. The zero-order valence-electron chi connectivity index (χ0n) is 8.35. The van der Waals surface area contributed by atoms with Crippen molar-refractivity contribution in [1.29, 1.82) is 0 Å². The van der Waals surface area contributed by atoms with Crippen molar-refractivity contribution in [2.24, 2.45) is 5.84 Å². The second-order valence-electron chi connectivity index (χ2n) is 3.39. The molecule has 0 saturated heterocycles. The van der Waals surface area contributed by atoms with Gasteiger partial charge in [0.25, 0.3) is 0 Å². The van der Waals surface area contributed by atoms with Crippen molar-refractivity contribution in [1.82, 2.24) is 5.43 Å². The van der Waals surface area contributed by atoms with Gasteiger partial charge in [0.1, 0.15) is 0 Å². The lowest BCUT2D eigenvalue weighted by Crippen LogP contribution is -2.28. The van der Waals surface area contributed by atoms with Gasteiger partial charge in [-0.1, -0.05) is 6.07 Å². The van der Waals surface area contributed by atoms with Crippen LogP contribution in [0, 0.1) is 0 Å². The molecule has 0 amide bonds. The van der Waals surface area contributed by atoms with E-state index < -0.39 is 0 Å². The van der Waals surface area contributed by atoms with E-state index in [4.69, 9.17) is 10.3 Å². The maximum atomic E-state index is 5.52. The number of hydrazine groups is 1. The van der Waals surface area contributed by atoms with Gasteiger partial charge in [-0.15, -0.1) is 11.3 Å². The van der Waals surface area contributed by atoms with Gasteiger partial charge in [0, 0.05) is 16.5 Å². The number of rotatable bonds is 5. The summed E-state index contributed by atoms with van der Waals surface area (Å²) in [6.07, 6.45) is 5.43. The van der Waals surface area contributed by atoms with Crippen molar-refractivity contribution >= 4 is 11.3 Å². The van der Waals surface area contributed by atoms with Crippen molar-refractivity contribution in [3.05, 3.63) is 46.5 Å². The first kappa shape index (κ1) is 10.4. The van der Waals surface area contributed by atoms with E-state index in [0.29, 0.717) is 0 Å². The van der Waals surface area contributed by atoms with Gasteiger partial charge in [-0.2, -0.15) is 0 Å². The lowest BCUT2D eigenvalue weighted by atomic mass is 10.1. The van der Waals surface area contributed by atoms with Crippen LogP contribution in [0.2, 0.25) is 0 Å². The Hall–Kier alpha value is -1.10. The molecule has 0 aromatic carbocycles. The minimum atomic E-state index is 0.172. The number of aryl methyl sites for hydroxylation is 1. The predicted octanol–water partition coefficient (Wildman–Crippen LogP) is 2.48. The molecule has 2 heterocycles. The Kier molecular flexibility index (Phi) is 3.55. The van der Waals surface area contributed by atoms with E-state index in [-0.39, 0.29) is 6.04 Å². The lowest BCUT2D eigenvalue weighted by Gasteiger charge is -2.12. The lowest BCUT2D eigenvalue weighted by molar-refractivity contribution is 0.503. The molecule has 0 aliphatic rings. The summed E-state index contributed by atoms with van der Waals surface area (Å²) >= 11 is 1.78. The topological polar surface area (TPSA) is 51.2 Å². The fourth-order valence-corrected chi connectivity index (χ4v) is 2.29. The predicted molar refractivity (Wildman–Crippen MR) is 61.4 cm³/mol. The molecule has 80 valence electrons. The quantitative estimate of drug-likeness (QED) is 0.603. The van der Waals surface area contributed by atoms with Gasteiger partial charge in [0.2, 0.25) is 0 Å². The molecule has 0 aliphatic carbocycles. The van der Waals surface area contributed by atoms with E-state index in [2.05, 4.69) is 22.9 Å². The van der Waals surface area contributed by atoms with Gasteiger partial charge in [0.05, 0.1) is 12.5 Å². The summed E-state index contributed by atoms with van der Waals surface area (Å²) in [5, 5.41) is 2.10. The van der Waals surface area contributed by atoms with Crippen LogP contribution in [0.1, 0.15) is 22.9 Å². The Labute approximate surface area is 92.9 Å². The second-order valence-corrected chi connectivity index (χ2v) is 4.43. The molecule has 2 aromatic rings. The molecule has 3 N–H and O–H groups in total. The Morgan fingerprint density at radius 3 is 3.00 bits per heavy atom. The summed E-state index contributed by atoms with van der Waals surface area (Å²) in [6, 6.07) is 6.33. The van der Waals surface area contributed by atoms with Crippen LogP contribution in [-0.4, -0.2) is 0 Å². The first-order chi connectivity index (χ1) is 7.40. The zero-order chi connectivity index (χ0) is 10.5. The van der Waals surface area contributed by atoms with Crippen LogP contribution in [0.25, 0.3) is 0 Å². The molecule has 4 heteroatoms. The summed E-state index contributed by atoms with van der Waals surface area (Å²) in [7, 11) is 0. The molecule has 15 heavy (non-hydrogen) atoms. The molecule has 2 aromatic heterocycles. The highest BCUT2D eigenvalue weighted by Gasteiger charge is 2.10. The second kappa shape index (κ2) is 5.11. The highest BCUT2D eigenvalue weighted by atomic mass is 32.1. The minimum Gasteiger partial charge on any atom is -0.472 e. The number of thiophene rings is 1. The van der Waals surface area contributed by atoms with E-state index in [1.54, 1.807) is 23.9 Å². The van der Waals surface area contributed by atoms with Gasteiger partial charge in [-0.05, 0) is 30.4 Å². The van der Waals surface area contributed by atoms with E-state index in [0.717, 1.165) is 18.4 Å². The van der Waals surface area contributed by atoms with Crippen LogP contribution >= 0.6 is 11.3 Å². The van der Waals surface area contributed by atoms with Crippen LogP contribution < -0.4 is 11.3 Å². The smallest absolute Gasteiger partial charge is 0.0950 e. The van der Waals surface area contributed by atoms with E-state index in [1.807, 2.05) is 6.07 Å². The summed E-state index contributed by atoms with van der Waals surface area (Å²) in [6.45, 7) is 0. The third kappa shape index (κ3) is 2.68. The van der Waals surface area contributed by atoms with E-state index in [9.17, 15) is 0 Å². The summed E-state index contributed by atoms with van der Waals surface area (Å²) < 4.78 is 5.04. The molecule has 1 atom stereocenters. The standard InChI is InChI=1S/C11H14N2OS/c12-13-11(9-5-6-14-8-9)4-3-10-2-1-7-15-10/h1-2,5-8,11,13H,3-4,12H2. The number of nitrogens with two attached hydrogens (primary N) is 1. The Bertz CT molecular complexity index is 369. The minimum absolute atomic E-state index is 0.172. The molecule has 0 saturated carbocycles.